The zero-order chi connectivity index (χ0) is 29.0. The van der Waals surface area contributed by atoms with Crippen LogP contribution in [0.1, 0.15) is 30.1 Å². The Morgan fingerprint density at radius 1 is 0.927 bits per heavy atom. The predicted octanol–water partition coefficient (Wildman–Crippen LogP) is 4.69. The molecule has 0 bridgehead atoms. The maximum Gasteiger partial charge on any atom is 0.411 e. The molecule has 0 aromatic heterocycles. The Labute approximate surface area is 241 Å². The Hall–Kier alpha value is -4.21. The Kier molecular flexibility index (Phi) is 10.9. The van der Waals surface area contributed by atoms with Crippen LogP contribution in [-0.4, -0.2) is 80.1 Å². The summed E-state index contributed by atoms with van der Waals surface area (Å²) in [6.07, 6.45) is 0.872. The lowest BCUT2D eigenvalue weighted by Crippen LogP contribution is -2.42. The minimum absolute atomic E-state index is 0.0987. The molecule has 1 saturated heterocycles. The summed E-state index contributed by atoms with van der Waals surface area (Å²) >= 11 is 0. The summed E-state index contributed by atoms with van der Waals surface area (Å²) in [4.78, 5) is 41.6. The zero-order valence-electron chi connectivity index (χ0n) is 23.8. The van der Waals surface area contributed by atoms with E-state index >= 15 is 0 Å². The van der Waals surface area contributed by atoms with Crippen LogP contribution in [0.15, 0.2) is 78.9 Å². The third-order valence-electron chi connectivity index (χ3n) is 7.08. The average molecular weight is 558 g/mol. The highest BCUT2D eigenvalue weighted by Gasteiger charge is 2.23. The Morgan fingerprint density at radius 2 is 1.66 bits per heavy atom. The molecule has 3 amide bonds. The lowest BCUT2D eigenvalue weighted by Gasteiger charge is -2.32. The van der Waals surface area contributed by atoms with Gasteiger partial charge >= 0.3 is 6.09 Å². The molecule has 3 aromatic rings. The molecule has 3 aromatic carbocycles. The van der Waals surface area contributed by atoms with Crippen LogP contribution in [0.3, 0.4) is 0 Å². The molecule has 9 nitrogen and oxygen atoms in total. The van der Waals surface area contributed by atoms with Gasteiger partial charge in [0, 0.05) is 50.0 Å². The van der Waals surface area contributed by atoms with Crippen LogP contribution < -0.4 is 16.0 Å². The van der Waals surface area contributed by atoms with Gasteiger partial charge in [-0.1, -0.05) is 61.5 Å². The molecule has 4 rings (SSSR count). The molecule has 1 heterocycles. The fourth-order valence-electron chi connectivity index (χ4n) is 4.79. The van der Waals surface area contributed by atoms with E-state index in [2.05, 4.69) is 20.9 Å². The normalized spacial score (nSPS) is 13.8. The molecule has 3 N–H and O–H groups in total. The number of nitrogens with zero attached hydrogens (tertiary/aromatic N) is 2. The summed E-state index contributed by atoms with van der Waals surface area (Å²) in [5, 5.41) is 8.71. The number of ether oxygens (including phenoxy) is 1. The third kappa shape index (κ3) is 8.89. The van der Waals surface area contributed by atoms with Crippen molar-refractivity contribution >= 4 is 29.3 Å². The molecular weight excluding hydrogens is 518 g/mol. The van der Waals surface area contributed by atoms with Crippen LogP contribution in [0, 0.1) is 0 Å². The second-order valence-electron chi connectivity index (χ2n) is 10.1. The molecule has 9 heteroatoms. The first-order valence-electron chi connectivity index (χ1n) is 14.1. The van der Waals surface area contributed by atoms with Gasteiger partial charge in [0.25, 0.3) is 5.91 Å². The van der Waals surface area contributed by atoms with Crippen molar-refractivity contribution in [3.8, 4) is 11.1 Å². The summed E-state index contributed by atoms with van der Waals surface area (Å²) in [6.45, 7) is 5.74. The number of carbonyl (C=O) groups is 3. The quantitative estimate of drug-likeness (QED) is 0.316. The van der Waals surface area contributed by atoms with E-state index in [0.717, 1.165) is 49.3 Å². The molecule has 0 atom stereocenters. The van der Waals surface area contributed by atoms with Gasteiger partial charge in [-0.05, 0) is 49.2 Å². The van der Waals surface area contributed by atoms with Crippen molar-refractivity contribution in [2.24, 2.45) is 0 Å². The van der Waals surface area contributed by atoms with Crippen molar-refractivity contribution in [2.75, 3.05) is 56.9 Å². The monoisotopic (exact) mass is 557 g/mol. The molecule has 0 saturated carbocycles. The number of rotatable bonds is 11. The minimum atomic E-state index is -0.447. The second kappa shape index (κ2) is 15.0. The summed E-state index contributed by atoms with van der Waals surface area (Å²) < 4.78 is 5.74. The van der Waals surface area contributed by atoms with Crippen molar-refractivity contribution in [3.63, 3.8) is 0 Å². The molecule has 1 aliphatic rings. The first-order chi connectivity index (χ1) is 19.9. The van der Waals surface area contributed by atoms with Crippen LogP contribution in [0.2, 0.25) is 0 Å². The number of benzene rings is 3. The lowest BCUT2D eigenvalue weighted by molar-refractivity contribution is -0.115. The number of anilines is 2. The Bertz CT molecular complexity index is 1310. The van der Waals surface area contributed by atoms with Crippen LogP contribution in [0.4, 0.5) is 16.2 Å². The van der Waals surface area contributed by atoms with Crippen molar-refractivity contribution in [2.45, 2.75) is 25.9 Å². The third-order valence-corrected chi connectivity index (χ3v) is 7.08. The van der Waals surface area contributed by atoms with Crippen LogP contribution in [0.5, 0.6) is 0 Å². The second-order valence-corrected chi connectivity index (χ2v) is 10.1. The fourth-order valence-corrected chi connectivity index (χ4v) is 4.79. The van der Waals surface area contributed by atoms with E-state index in [1.165, 1.54) is 0 Å². The number of likely N-dealkylation sites (N-methyl/N-ethyl adjacent to an activating group) is 2. The molecule has 0 aliphatic carbocycles. The van der Waals surface area contributed by atoms with Crippen LogP contribution in [0.25, 0.3) is 11.1 Å². The van der Waals surface area contributed by atoms with Crippen molar-refractivity contribution < 1.29 is 19.1 Å². The van der Waals surface area contributed by atoms with Gasteiger partial charge in [0.05, 0.1) is 12.2 Å². The van der Waals surface area contributed by atoms with E-state index in [0.29, 0.717) is 24.3 Å². The van der Waals surface area contributed by atoms with E-state index in [9.17, 15) is 14.4 Å². The van der Waals surface area contributed by atoms with E-state index in [1.807, 2.05) is 61.5 Å². The number of piperidine rings is 1. The number of likely N-dealkylation sites (tertiary alicyclic amines) is 1. The van der Waals surface area contributed by atoms with Gasteiger partial charge in [0.1, 0.15) is 6.10 Å². The number of para-hydroxylation sites is 1. The van der Waals surface area contributed by atoms with Gasteiger partial charge < -0.3 is 25.2 Å². The maximum atomic E-state index is 13.0. The topological polar surface area (TPSA) is 103 Å². The van der Waals surface area contributed by atoms with E-state index < -0.39 is 6.09 Å². The highest BCUT2D eigenvalue weighted by molar-refractivity contribution is 5.97. The van der Waals surface area contributed by atoms with Gasteiger partial charge in [-0.3, -0.25) is 14.9 Å². The van der Waals surface area contributed by atoms with Crippen molar-refractivity contribution in [1.29, 1.82) is 0 Å². The number of carbonyl (C=O) groups excluding carboxylic acids is 3. The largest absolute Gasteiger partial charge is 0.446 e. The van der Waals surface area contributed by atoms with Crippen LogP contribution in [-0.2, 0) is 9.53 Å². The van der Waals surface area contributed by atoms with Gasteiger partial charge in [0.2, 0.25) is 5.91 Å². The molecule has 41 heavy (non-hydrogen) atoms. The Morgan fingerprint density at radius 3 is 2.41 bits per heavy atom. The highest BCUT2D eigenvalue weighted by atomic mass is 16.6. The maximum absolute atomic E-state index is 13.0. The van der Waals surface area contributed by atoms with Gasteiger partial charge in [-0.2, -0.15) is 0 Å². The molecule has 0 radical (unpaired) electrons. The van der Waals surface area contributed by atoms with Crippen molar-refractivity contribution in [1.82, 2.24) is 15.1 Å². The number of hydrogen-bond acceptors (Lipinski definition) is 6. The van der Waals surface area contributed by atoms with Gasteiger partial charge in [0.15, 0.2) is 0 Å². The highest BCUT2D eigenvalue weighted by Crippen LogP contribution is 2.28. The standard InChI is InChI=1S/C32H39N5O4/c1-3-33-23-30(38)34-26-13-9-12-25(22-26)31(39)36(2)20-21-37-18-16-27(17-19-37)41-32(40)35-29-15-8-7-14-28(29)24-10-5-4-6-11-24/h4-15,22,27,33H,3,16-21,23H2,1-2H3,(H,34,38)(H,35,40). The summed E-state index contributed by atoms with van der Waals surface area (Å²) in [6, 6.07) is 24.6. The van der Waals surface area contributed by atoms with E-state index in [4.69, 9.17) is 4.74 Å². The lowest BCUT2D eigenvalue weighted by atomic mass is 10.0. The number of hydrogen-bond donors (Lipinski definition) is 3. The molecule has 1 fully saturated rings. The summed E-state index contributed by atoms with van der Waals surface area (Å²) in [5.41, 5.74) is 3.82. The first-order valence-corrected chi connectivity index (χ1v) is 14.1. The van der Waals surface area contributed by atoms with Crippen molar-refractivity contribution in [3.05, 3.63) is 84.4 Å². The average Bonchev–Trinajstić information content (AvgIpc) is 3.00. The van der Waals surface area contributed by atoms with Crippen LogP contribution >= 0.6 is 0 Å². The smallest absolute Gasteiger partial charge is 0.411 e. The Balaban J connectivity index is 1.20. The molecule has 0 unspecified atom stereocenters. The summed E-state index contributed by atoms with van der Waals surface area (Å²) in [7, 11) is 1.78. The fraction of sp³-hybridized carbons (Fsp3) is 0.344. The first kappa shape index (κ1) is 29.8. The zero-order valence-corrected chi connectivity index (χ0v) is 23.8. The van der Waals surface area contributed by atoms with Gasteiger partial charge in [-0.15, -0.1) is 0 Å². The number of amides is 3. The molecule has 0 spiro atoms. The molecule has 216 valence electrons. The van der Waals surface area contributed by atoms with Gasteiger partial charge in [-0.25, -0.2) is 4.79 Å². The minimum Gasteiger partial charge on any atom is -0.446 e. The predicted molar refractivity (Wildman–Crippen MR) is 162 cm³/mol. The summed E-state index contributed by atoms with van der Waals surface area (Å²) in [5.74, 6) is -0.245. The number of nitrogens with one attached hydrogen (secondary N) is 3. The van der Waals surface area contributed by atoms with E-state index in [-0.39, 0.29) is 24.5 Å². The van der Waals surface area contributed by atoms with E-state index in [1.54, 1.807) is 36.2 Å². The SMILES string of the molecule is CCNCC(=O)Nc1cccc(C(=O)N(C)CCN2CCC(OC(=O)Nc3ccccc3-c3ccccc3)CC2)c1. The molecular formula is C32H39N5O4. The molecule has 1 aliphatic heterocycles.